The second-order valence-corrected chi connectivity index (χ2v) is 6.36. The second kappa shape index (κ2) is 7.55. The number of hydrogen-bond donors (Lipinski definition) is 1. The molecule has 0 aliphatic carbocycles. The molecule has 1 N–H and O–H groups in total. The summed E-state index contributed by atoms with van der Waals surface area (Å²) in [6.07, 6.45) is 5.43. The average molecular weight is 363 g/mol. The molecule has 1 aromatic carbocycles. The lowest BCUT2D eigenvalue weighted by Crippen LogP contribution is -2.12. The van der Waals surface area contributed by atoms with Gasteiger partial charge in [-0.25, -0.2) is 4.98 Å². The maximum atomic E-state index is 5.20. The number of rotatable bonds is 7. The summed E-state index contributed by atoms with van der Waals surface area (Å²) in [5, 5.41) is 12.2. The van der Waals surface area contributed by atoms with Crippen LogP contribution in [0.15, 0.2) is 55.1 Å². The predicted octanol–water partition coefficient (Wildman–Crippen LogP) is 2.69. The molecule has 0 fully saturated rings. The second-order valence-electron chi connectivity index (χ2n) is 6.36. The Bertz CT molecular complexity index is 1020. The Kier molecular flexibility index (Phi) is 4.80. The number of hydrogen-bond acceptors (Lipinski definition) is 6. The van der Waals surface area contributed by atoms with Crippen LogP contribution in [0.5, 0.6) is 0 Å². The zero-order valence-electron chi connectivity index (χ0n) is 15.3. The number of ether oxygens (including phenoxy) is 1. The van der Waals surface area contributed by atoms with Crippen LogP contribution in [-0.4, -0.2) is 36.5 Å². The van der Waals surface area contributed by atoms with Gasteiger partial charge < -0.3 is 10.1 Å². The minimum absolute atomic E-state index is 0.0414. The zero-order valence-corrected chi connectivity index (χ0v) is 15.3. The van der Waals surface area contributed by atoms with Crippen LogP contribution in [0.3, 0.4) is 0 Å². The fraction of sp³-hybridized carbons (Fsp3) is 0.263. The zero-order chi connectivity index (χ0) is 18.6. The molecule has 0 bridgehead atoms. The third kappa shape index (κ3) is 3.80. The van der Waals surface area contributed by atoms with Gasteiger partial charge >= 0.3 is 0 Å². The van der Waals surface area contributed by atoms with Gasteiger partial charge in [0, 0.05) is 24.9 Å². The maximum absolute atomic E-state index is 5.20. The van der Waals surface area contributed by atoms with E-state index in [1.807, 2.05) is 35.1 Å². The molecular formula is C19H21N7O. The van der Waals surface area contributed by atoms with Gasteiger partial charge in [-0.2, -0.15) is 19.7 Å². The number of benzene rings is 1. The van der Waals surface area contributed by atoms with Crippen LogP contribution in [0, 0.1) is 0 Å². The quantitative estimate of drug-likeness (QED) is 0.544. The molecule has 0 spiro atoms. The van der Waals surface area contributed by atoms with Gasteiger partial charge in [-0.15, -0.1) is 0 Å². The topological polar surface area (TPSA) is 82.2 Å². The van der Waals surface area contributed by atoms with Crippen LogP contribution in [0.2, 0.25) is 0 Å². The van der Waals surface area contributed by atoms with Crippen LogP contribution < -0.4 is 5.32 Å². The number of fused-ring (bicyclic) bond motifs is 1. The van der Waals surface area contributed by atoms with Crippen molar-refractivity contribution < 1.29 is 4.74 Å². The Morgan fingerprint density at radius 1 is 1.19 bits per heavy atom. The van der Waals surface area contributed by atoms with E-state index in [0.29, 0.717) is 12.4 Å². The van der Waals surface area contributed by atoms with Crippen molar-refractivity contribution in [2.75, 3.05) is 12.4 Å². The van der Waals surface area contributed by atoms with Crippen molar-refractivity contribution >= 4 is 11.6 Å². The van der Waals surface area contributed by atoms with Crippen LogP contribution >= 0.6 is 0 Å². The van der Waals surface area contributed by atoms with E-state index in [4.69, 9.17) is 4.74 Å². The largest absolute Gasteiger partial charge is 0.378 e. The van der Waals surface area contributed by atoms with Crippen molar-refractivity contribution in [2.45, 2.75) is 26.1 Å². The highest BCUT2D eigenvalue weighted by Crippen LogP contribution is 2.20. The number of aromatic nitrogens is 6. The van der Waals surface area contributed by atoms with Gasteiger partial charge in [0.05, 0.1) is 31.1 Å². The Morgan fingerprint density at radius 3 is 2.85 bits per heavy atom. The van der Waals surface area contributed by atoms with E-state index >= 15 is 0 Å². The monoisotopic (exact) mass is 363 g/mol. The van der Waals surface area contributed by atoms with E-state index in [1.165, 1.54) is 11.9 Å². The highest BCUT2D eigenvalue weighted by Gasteiger charge is 2.13. The minimum Gasteiger partial charge on any atom is -0.378 e. The summed E-state index contributed by atoms with van der Waals surface area (Å²) in [6.45, 7) is 3.25. The summed E-state index contributed by atoms with van der Waals surface area (Å²) in [6, 6.07) is 12.2. The van der Waals surface area contributed by atoms with Gasteiger partial charge in [0.1, 0.15) is 12.1 Å². The SMILES string of the molecule is COCc1cc(NC(C)c2cnn(Cc3ccccc3)c2)n2ncnc2n1. The molecule has 3 heterocycles. The summed E-state index contributed by atoms with van der Waals surface area (Å²) >= 11 is 0. The molecule has 0 aliphatic rings. The van der Waals surface area contributed by atoms with Crippen molar-refractivity contribution in [1.29, 1.82) is 0 Å². The van der Waals surface area contributed by atoms with Gasteiger partial charge in [-0.3, -0.25) is 4.68 Å². The lowest BCUT2D eigenvalue weighted by molar-refractivity contribution is 0.181. The van der Waals surface area contributed by atoms with E-state index in [0.717, 1.165) is 23.6 Å². The third-order valence-electron chi connectivity index (χ3n) is 4.30. The van der Waals surface area contributed by atoms with E-state index in [-0.39, 0.29) is 6.04 Å². The van der Waals surface area contributed by atoms with E-state index in [1.54, 1.807) is 11.6 Å². The van der Waals surface area contributed by atoms with E-state index < -0.39 is 0 Å². The predicted molar refractivity (Wildman–Crippen MR) is 101 cm³/mol. The molecule has 1 unspecified atom stereocenters. The van der Waals surface area contributed by atoms with E-state index in [2.05, 4.69) is 50.7 Å². The van der Waals surface area contributed by atoms with Crippen molar-refractivity contribution in [2.24, 2.45) is 0 Å². The lowest BCUT2D eigenvalue weighted by atomic mass is 10.2. The lowest BCUT2D eigenvalue weighted by Gasteiger charge is -2.15. The van der Waals surface area contributed by atoms with Gasteiger partial charge in [0.15, 0.2) is 0 Å². The molecule has 0 amide bonds. The van der Waals surface area contributed by atoms with Gasteiger partial charge in [-0.05, 0) is 12.5 Å². The van der Waals surface area contributed by atoms with Crippen LogP contribution in [0.4, 0.5) is 5.82 Å². The van der Waals surface area contributed by atoms with Gasteiger partial charge in [0.25, 0.3) is 5.78 Å². The van der Waals surface area contributed by atoms with Crippen molar-refractivity contribution in [3.63, 3.8) is 0 Å². The Hall–Kier alpha value is -3.26. The molecule has 0 radical (unpaired) electrons. The third-order valence-corrected chi connectivity index (χ3v) is 4.30. The first kappa shape index (κ1) is 17.2. The highest BCUT2D eigenvalue weighted by atomic mass is 16.5. The van der Waals surface area contributed by atoms with E-state index in [9.17, 15) is 0 Å². The molecular weight excluding hydrogens is 342 g/mol. The number of methoxy groups -OCH3 is 1. The first-order valence-electron chi connectivity index (χ1n) is 8.74. The first-order chi connectivity index (χ1) is 13.2. The Morgan fingerprint density at radius 2 is 2.04 bits per heavy atom. The molecule has 1 atom stereocenters. The fourth-order valence-electron chi connectivity index (χ4n) is 2.95. The van der Waals surface area contributed by atoms with Gasteiger partial charge in [-0.1, -0.05) is 30.3 Å². The van der Waals surface area contributed by atoms with Crippen LogP contribution in [0.1, 0.15) is 29.8 Å². The number of nitrogens with one attached hydrogen (secondary N) is 1. The maximum Gasteiger partial charge on any atom is 0.254 e. The van der Waals surface area contributed by atoms with Crippen LogP contribution in [-0.2, 0) is 17.9 Å². The van der Waals surface area contributed by atoms with Crippen molar-refractivity contribution in [1.82, 2.24) is 29.4 Å². The standard InChI is InChI=1S/C19H21N7O/c1-14(16-9-21-25(11-16)10-15-6-4-3-5-7-15)23-18-8-17(12-27-2)24-19-20-13-22-26(18)19/h3-9,11,13-14,23H,10,12H2,1-2H3. The first-order valence-corrected chi connectivity index (χ1v) is 8.74. The molecule has 0 saturated carbocycles. The van der Waals surface area contributed by atoms with Gasteiger partial charge in [0.2, 0.25) is 0 Å². The van der Waals surface area contributed by atoms with Crippen molar-refractivity contribution in [3.05, 3.63) is 71.9 Å². The molecule has 4 aromatic rings. The molecule has 3 aromatic heterocycles. The van der Waals surface area contributed by atoms with Crippen molar-refractivity contribution in [3.8, 4) is 0 Å². The number of nitrogens with zero attached hydrogens (tertiary/aromatic N) is 6. The summed E-state index contributed by atoms with van der Waals surface area (Å²) in [5.41, 5.74) is 3.10. The summed E-state index contributed by atoms with van der Waals surface area (Å²) in [7, 11) is 1.65. The molecule has 0 aliphatic heterocycles. The molecule has 8 heteroatoms. The fourth-order valence-corrected chi connectivity index (χ4v) is 2.95. The summed E-state index contributed by atoms with van der Waals surface area (Å²) in [5.74, 6) is 1.35. The molecule has 27 heavy (non-hydrogen) atoms. The molecule has 4 rings (SSSR count). The average Bonchev–Trinajstić information content (AvgIpc) is 3.32. The smallest absolute Gasteiger partial charge is 0.254 e. The molecule has 138 valence electrons. The summed E-state index contributed by atoms with van der Waals surface area (Å²) < 4.78 is 8.82. The summed E-state index contributed by atoms with van der Waals surface area (Å²) in [4.78, 5) is 8.61. The minimum atomic E-state index is 0.0414. The molecule has 0 saturated heterocycles. The molecule has 8 nitrogen and oxygen atoms in total. The van der Waals surface area contributed by atoms with Crippen LogP contribution in [0.25, 0.3) is 5.78 Å². The highest BCUT2D eigenvalue weighted by molar-refractivity contribution is 5.46. The number of anilines is 1. The Balaban J connectivity index is 1.53. The normalized spacial score (nSPS) is 12.4. The Labute approximate surface area is 156 Å².